The van der Waals surface area contributed by atoms with Crippen molar-refractivity contribution in [1.82, 2.24) is 0 Å². The predicted octanol–water partition coefficient (Wildman–Crippen LogP) is 3.55. The van der Waals surface area contributed by atoms with Gasteiger partial charge in [0.15, 0.2) is 6.10 Å². The van der Waals surface area contributed by atoms with E-state index in [0.717, 1.165) is 11.1 Å². The Morgan fingerprint density at radius 3 is 2.45 bits per heavy atom. The second-order valence-electron chi connectivity index (χ2n) is 4.46. The lowest BCUT2D eigenvalue weighted by molar-refractivity contribution is -0.151. The predicted molar refractivity (Wildman–Crippen MR) is 77.8 cm³/mol. The Morgan fingerprint density at radius 2 is 1.80 bits per heavy atom. The van der Waals surface area contributed by atoms with Crippen molar-refractivity contribution in [2.45, 2.75) is 19.1 Å². The van der Waals surface area contributed by atoms with E-state index in [1.54, 1.807) is 18.2 Å². The minimum absolute atomic E-state index is 0.276. The molecule has 1 N–H and O–H groups in total. The second-order valence-corrected chi connectivity index (χ2v) is 4.89. The van der Waals surface area contributed by atoms with E-state index in [1.807, 2.05) is 36.4 Å². The zero-order valence-corrected chi connectivity index (χ0v) is 11.6. The van der Waals surface area contributed by atoms with Crippen molar-refractivity contribution in [1.29, 1.82) is 0 Å². The van der Waals surface area contributed by atoms with Crippen molar-refractivity contribution in [3.05, 3.63) is 70.7 Å². The van der Waals surface area contributed by atoms with Crippen LogP contribution in [0.15, 0.2) is 54.6 Å². The summed E-state index contributed by atoms with van der Waals surface area (Å²) in [4.78, 5) is 11.3. The van der Waals surface area contributed by atoms with Crippen molar-refractivity contribution < 1.29 is 14.6 Å². The maximum absolute atomic E-state index is 11.3. The molecule has 0 radical (unpaired) electrons. The summed E-state index contributed by atoms with van der Waals surface area (Å²) in [6.45, 7) is 0.276. The van der Waals surface area contributed by atoms with Gasteiger partial charge in [-0.05, 0) is 23.3 Å². The van der Waals surface area contributed by atoms with Gasteiger partial charge < -0.3 is 9.84 Å². The number of aliphatic carboxylic acids is 1. The summed E-state index contributed by atoms with van der Waals surface area (Å²) in [6.07, 6.45) is -0.586. The standard InChI is InChI=1S/C16H15ClO3/c17-14-8-4-7-13(9-14)10-15(16(18)19)20-11-12-5-2-1-3-6-12/h1-9,15H,10-11H2,(H,18,19)/t15-/m0/s1. The molecule has 3 nitrogen and oxygen atoms in total. The Morgan fingerprint density at radius 1 is 1.10 bits per heavy atom. The third kappa shape index (κ3) is 4.37. The third-order valence-corrected chi connectivity index (χ3v) is 3.11. The Hall–Kier alpha value is -1.84. The normalized spacial score (nSPS) is 12.1. The fraction of sp³-hybridized carbons (Fsp3) is 0.188. The van der Waals surface area contributed by atoms with Gasteiger partial charge in [-0.1, -0.05) is 54.1 Å². The molecule has 0 aliphatic heterocycles. The van der Waals surface area contributed by atoms with Crippen LogP contribution in [0.4, 0.5) is 0 Å². The Kier molecular flexibility index (Phi) is 5.16. The molecule has 0 bridgehead atoms. The third-order valence-electron chi connectivity index (χ3n) is 2.88. The molecule has 0 saturated carbocycles. The monoisotopic (exact) mass is 290 g/mol. The number of carboxylic acid groups (broad SMARTS) is 1. The molecule has 4 heteroatoms. The number of halogens is 1. The molecule has 0 unspecified atom stereocenters. The molecule has 2 aromatic carbocycles. The highest BCUT2D eigenvalue weighted by atomic mass is 35.5. The van der Waals surface area contributed by atoms with Gasteiger partial charge in [0, 0.05) is 11.4 Å². The summed E-state index contributed by atoms with van der Waals surface area (Å²) < 4.78 is 5.49. The smallest absolute Gasteiger partial charge is 0.333 e. The molecule has 2 rings (SSSR count). The van der Waals surface area contributed by atoms with Crippen molar-refractivity contribution in [3.63, 3.8) is 0 Å². The van der Waals surface area contributed by atoms with E-state index in [2.05, 4.69) is 0 Å². The molecule has 0 aliphatic carbocycles. The highest BCUT2D eigenvalue weighted by Gasteiger charge is 2.18. The number of carbonyl (C=O) groups is 1. The van der Waals surface area contributed by atoms with Crippen LogP contribution in [0, 0.1) is 0 Å². The van der Waals surface area contributed by atoms with E-state index in [0.29, 0.717) is 11.4 Å². The zero-order chi connectivity index (χ0) is 14.4. The minimum Gasteiger partial charge on any atom is -0.479 e. The summed E-state index contributed by atoms with van der Waals surface area (Å²) in [5.41, 5.74) is 1.79. The first kappa shape index (κ1) is 14.6. The van der Waals surface area contributed by atoms with Crippen molar-refractivity contribution in [3.8, 4) is 0 Å². The number of ether oxygens (including phenoxy) is 1. The van der Waals surface area contributed by atoms with E-state index < -0.39 is 12.1 Å². The van der Waals surface area contributed by atoms with Crippen LogP contribution >= 0.6 is 11.6 Å². The highest BCUT2D eigenvalue weighted by molar-refractivity contribution is 6.30. The average molecular weight is 291 g/mol. The second kappa shape index (κ2) is 7.08. The van der Waals surface area contributed by atoms with E-state index in [4.69, 9.17) is 16.3 Å². The van der Waals surface area contributed by atoms with E-state index in [9.17, 15) is 9.90 Å². The van der Waals surface area contributed by atoms with Gasteiger partial charge in [-0.2, -0.15) is 0 Å². The first-order valence-corrected chi connectivity index (χ1v) is 6.66. The highest BCUT2D eigenvalue weighted by Crippen LogP contribution is 2.14. The fourth-order valence-corrected chi connectivity index (χ4v) is 2.08. The molecule has 20 heavy (non-hydrogen) atoms. The fourth-order valence-electron chi connectivity index (χ4n) is 1.87. The number of hydrogen-bond acceptors (Lipinski definition) is 2. The summed E-state index contributed by atoms with van der Waals surface area (Å²) in [5.74, 6) is -0.971. The largest absolute Gasteiger partial charge is 0.479 e. The molecule has 0 heterocycles. The number of benzene rings is 2. The van der Waals surface area contributed by atoms with Crippen LogP contribution in [-0.2, 0) is 22.6 Å². The molecule has 104 valence electrons. The molecular formula is C16H15ClO3. The van der Waals surface area contributed by atoms with Gasteiger partial charge in [0.25, 0.3) is 0 Å². The number of rotatable bonds is 6. The lowest BCUT2D eigenvalue weighted by Crippen LogP contribution is -2.26. The molecule has 1 atom stereocenters. The summed E-state index contributed by atoms with van der Waals surface area (Å²) in [5, 5.41) is 9.82. The lowest BCUT2D eigenvalue weighted by Gasteiger charge is -2.14. The molecule has 0 fully saturated rings. The van der Waals surface area contributed by atoms with Gasteiger partial charge in [0.05, 0.1) is 6.61 Å². The van der Waals surface area contributed by atoms with Crippen LogP contribution in [0.3, 0.4) is 0 Å². The Labute approximate surface area is 122 Å². The van der Waals surface area contributed by atoms with Crippen LogP contribution in [0.2, 0.25) is 5.02 Å². The topological polar surface area (TPSA) is 46.5 Å². The maximum Gasteiger partial charge on any atom is 0.333 e. The first-order chi connectivity index (χ1) is 9.65. The van der Waals surface area contributed by atoms with E-state index in [-0.39, 0.29) is 6.61 Å². The lowest BCUT2D eigenvalue weighted by atomic mass is 10.1. The van der Waals surface area contributed by atoms with Gasteiger partial charge >= 0.3 is 5.97 Å². The Balaban J connectivity index is 1.99. The molecule has 0 amide bonds. The SMILES string of the molecule is O=C(O)[C@H](Cc1cccc(Cl)c1)OCc1ccccc1. The van der Waals surface area contributed by atoms with Gasteiger partial charge in [-0.25, -0.2) is 4.79 Å². The molecule has 0 aromatic heterocycles. The number of carboxylic acids is 1. The van der Waals surface area contributed by atoms with Crippen molar-refractivity contribution in [2.75, 3.05) is 0 Å². The van der Waals surface area contributed by atoms with Gasteiger partial charge in [0.2, 0.25) is 0 Å². The van der Waals surface area contributed by atoms with Crippen LogP contribution < -0.4 is 0 Å². The molecule has 0 spiro atoms. The maximum atomic E-state index is 11.3. The Bertz CT molecular complexity index is 569. The van der Waals surface area contributed by atoms with Gasteiger partial charge in [-0.3, -0.25) is 0 Å². The molecule has 0 aliphatic rings. The van der Waals surface area contributed by atoms with Crippen LogP contribution in [0.25, 0.3) is 0 Å². The van der Waals surface area contributed by atoms with E-state index in [1.165, 1.54) is 0 Å². The summed E-state index contributed by atoms with van der Waals surface area (Å²) in [6, 6.07) is 16.6. The summed E-state index contributed by atoms with van der Waals surface area (Å²) in [7, 11) is 0. The van der Waals surface area contributed by atoms with Crippen molar-refractivity contribution >= 4 is 17.6 Å². The zero-order valence-electron chi connectivity index (χ0n) is 10.8. The van der Waals surface area contributed by atoms with Gasteiger partial charge in [-0.15, -0.1) is 0 Å². The minimum atomic E-state index is -0.971. The van der Waals surface area contributed by atoms with Crippen LogP contribution in [-0.4, -0.2) is 17.2 Å². The average Bonchev–Trinajstić information content (AvgIpc) is 2.44. The quantitative estimate of drug-likeness (QED) is 0.885. The van der Waals surface area contributed by atoms with Gasteiger partial charge in [0.1, 0.15) is 0 Å². The molecule has 2 aromatic rings. The molecular weight excluding hydrogens is 276 g/mol. The van der Waals surface area contributed by atoms with Crippen molar-refractivity contribution in [2.24, 2.45) is 0 Å². The molecule has 0 saturated heterocycles. The summed E-state index contributed by atoms with van der Waals surface area (Å²) >= 11 is 5.89. The van der Waals surface area contributed by atoms with Crippen LogP contribution in [0.1, 0.15) is 11.1 Å². The van der Waals surface area contributed by atoms with E-state index >= 15 is 0 Å². The van der Waals surface area contributed by atoms with Crippen LogP contribution in [0.5, 0.6) is 0 Å². The first-order valence-electron chi connectivity index (χ1n) is 6.28. The number of hydrogen-bond donors (Lipinski definition) is 1.